The van der Waals surface area contributed by atoms with Gasteiger partial charge in [0.05, 0.1) is 5.56 Å². The van der Waals surface area contributed by atoms with Gasteiger partial charge in [0.25, 0.3) is 0 Å². The van der Waals surface area contributed by atoms with Crippen LogP contribution in [0.1, 0.15) is 17.5 Å². The van der Waals surface area contributed by atoms with Gasteiger partial charge in [-0.05, 0) is 36.2 Å². The summed E-state index contributed by atoms with van der Waals surface area (Å²) in [5, 5.41) is 3.29. The van der Waals surface area contributed by atoms with Crippen LogP contribution in [0, 0.1) is 0 Å². The van der Waals surface area contributed by atoms with Crippen molar-refractivity contribution < 1.29 is 4.74 Å². The van der Waals surface area contributed by atoms with Gasteiger partial charge in [-0.1, -0.05) is 0 Å². The fraction of sp³-hybridized carbons (Fsp3) is 0.267. The minimum absolute atomic E-state index is 0.472. The third-order valence-corrected chi connectivity index (χ3v) is 3.05. The molecule has 0 aromatic carbocycles. The fourth-order valence-corrected chi connectivity index (χ4v) is 2.03. The van der Waals surface area contributed by atoms with Gasteiger partial charge >= 0.3 is 0 Å². The predicted molar refractivity (Wildman–Crippen MR) is 76.8 cm³/mol. The summed E-state index contributed by atoms with van der Waals surface area (Å²) in [6.45, 7) is 2.26. The highest BCUT2D eigenvalue weighted by molar-refractivity contribution is 6.00. The molecule has 0 spiro atoms. The standard InChI is InChI=1S/C15H16N4O/c1-3-13(14-17-7-2-8-18-14)15(19-6-1)20-11-12-4-9-16-10-5-12/h1,3-6,9-10H,2,7-8,11H2,(H,17,18). The monoisotopic (exact) mass is 268 g/mol. The summed E-state index contributed by atoms with van der Waals surface area (Å²) in [7, 11) is 0. The van der Waals surface area contributed by atoms with Crippen molar-refractivity contribution in [2.75, 3.05) is 13.1 Å². The summed E-state index contributed by atoms with van der Waals surface area (Å²) in [4.78, 5) is 12.8. The first kappa shape index (κ1) is 12.6. The average molecular weight is 268 g/mol. The van der Waals surface area contributed by atoms with Crippen LogP contribution < -0.4 is 10.1 Å². The van der Waals surface area contributed by atoms with Crippen molar-refractivity contribution >= 4 is 5.84 Å². The summed E-state index contributed by atoms with van der Waals surface area (Å²) >= 11 is 0. The molecule has 3 rings (SSSR count). The number of hydrogen-bond donors (Lipinski definition) is 1. The number of pyridine rings is 2. The van der Waals surface area contributed by atoms with Gasteiger partial charge in [0.1, 0.15) is 12.4 Å². The number of aliphatic imine (C=N–C) groups is 1. The van der Waals surface area contributed by atoms with E-state index in [2.05, 4.69) is 20.3 Å². The summed E-state index contributed by atoms with van der Waals surface area (Å²) < 4.78 is 5.82. The van der Waals surface area contributed by atoms with Crippen LogP contribution in [0.4, 0.5) is 0 Å². The van der Waals surface area contributed by atoms with E-state index in [0.717, 1.165) is 36.5 Å². The molecule has 1 aliphatic rings. The molecule has 3 heterocycles. The van der Waals surface area contributed by atoms with Gasteiger partial charge in [-0.25, -0.2) is 4.98 Å². The van der Waals surface area contributed by atoms with Crippen molar-refractivity contribution in [2.24, 2.45) is 4.99 Å². The van der Waals surface area contributed by atoms with Crippen LogP contribution in [0.2, 0.25) is 0 Å². The quantitative estimate of drug-likeness (QED) is 0.918. The molecule has 5 heteroatoms. The van der Waals surface area contributed by atoms with Gasteiger partial charge in [0, 0.05) is 31.7 Å². The smallest absolute Gasteiger partial charge is 0.224 e. The number of ether oxygens (including phenoxy) is 1. The highest BCUT2D eigenvalue weighted by Crippen LogP contribution is 2.17. The van der Waals surface area contributed by atoms with Crippen molar-refractivity contribution in [3.05, 3.63) is 54.0 Å². The number of hydrogen-bond acceptors (Lipinski definition) is 5. The normalized spacial score (nSPS) is 14.3. The molecule has 20 heavy (non-hydrogen) atoms. The van der Waals surface area contributed by atoms with Crippen LogP contribution in [0.3, 0.4) is 0 Å². The van der Waals surface area contributed by atoms with Gasteiger partial charge in [-0.2, -0.15) is 0 Å². The van der Waals surface area contributed by atoms with E-state index in [-0.39, 0.29) is 0 Å². The maximum atomic E-state index is 5.82. The third-order valence-electron chi connectivity index (χ3n) is 3.05. The second-order valence-electron chi connectivity index (χ2n) is 4.51. The molecule has 1 aliphatic heterocycles. The van der Waals surface area contributed by atoms with Crippen LogP contribution in [0.25, 0.3) is 0 Å². The Hall–Kier alpha value is -2.43. The van der Waals surface area contributed by atoms with Gasteiger partial charge in [0.15, 0.2) is 0 Å². The zero-order chi connectivity index (χ0) is 13.6. The molecule has 0 amide bonds. The number of nitrogens with zero attached hydrogens (tertiary/aromatic N) is 3. The maximum Gasteiger partial charge on any atom is 0.224 e. The van der Waals surface area contributed by atoms with E-state index in [4.69, 9.17) is 4.74 Å². The Morgan fingerprint density at radius 1 is 1.15 bits per heavy atom. The molecular formula is C15H16N4O. The van der Waals surface area contributed by atoms with E-state index in [1.807, 2.05) is 24.3 Å². The molecule has 0 saturated carbocycles. The van der Waals surface area contributed by atoms with Crippen molar-refractivity contribution in [2.45, 2.75) is 13.0 Å². The molecule has 0 aliphatic carbocycles. The highest BCUT2D eigenvalue weighted by atomic mass is 16.5. The van der Waals surface area contributed by atoms with Crippen molar-refractivity contribution in [1.29, 1.82) is 0 Å². The SMILES string of the molecule is c1cnc(OCc2ccncc2)c(C2=NCCCN2)c1. The molecule has 0 atom stereocenters. The average Bonchev–Trinajstić information content (AvgIpc) is 2.55. The first-order chi connectivity index (χ1) is 9.93. The topological polar surface area (TPSA) is 59.4 Å². The lowest BCUT2D eigenvalue weighted by Gasteiger charge is -2.16. The molecule has 0 bridgehead atoms. The lowest BCUT2D eigenvalue weighted by atomic mass is 10.2. The number of nitrogens with one attached hydrogen (secondary N) is 1. The zero-order valence-electron chi connectivity index (χ0n) is 11.1. The van der Waals surface area contributed by atoms with E-state index in [0.29, 0.717) is 12.5 Å². The second-order valence-corrected chi connectivity index (χ2v) is 4.51. The summed E-state index contributed by atoms with van der Waals surface area (Å²) in [5.74, 6) is 1.48. The fourth-order valence-electron chi connectivity index (χ4n) is 2.03. The van der Waals surface area contributed by atoms with E-state index in [1.165, 1.54) is 0 Å². The third kappa shape index (κ3) is 2.93. The molecular weight excluding hydrogens is 252 g/mol. The van der Waals surface area contributed by atoms with Crippen molar-refractivity contribution in [3.8, 4) is 5.88 Å². The van der Waals surface area contributed by atoms with Crippen LogP contribution in [-0.2, 0) is 6.61 Å². The van der Waals surface area contributed by atoms with Crippen LogP contribution in [0.5, 0.6) is 5.88 Å². The number of aromatic nitrogens is 2. The summed E-state index contributed by atoms with van der Waals surface area (Å²) in [6, 6.07) is 7.73. The molecule has 2 aromatic rings. The van der Waals surface area contributed by atoms with Gasteiger partial charge in [-0.3, -0.25) is 9.98 Å². The molecule has 0 radical (unpaired) electrons. The van der Waals surface area contributed by atoms with E-state index < -0.39 is 0 Å². The molecule has 0 saturated heterocycles. The van der Waals surface area contributed by atoms with Crippen LogP contribution >= 0.6 is 0 Å². The van der Waals surface area contributed by atoms with Gasteiger partial charge in [0.2, 0.25) is 5.88 Å². The lowest BCUT2D eigenvalue weighted by molar-refractivity contribution is 0.293. The van der Waals surface area contributed by atoms with E-state index in [9.17, 15) is 0 Å². The van der Waals surface area contributed by atoms with E-state index >= 15 is 0 Å². The van der Waals surface area contributed by atoms with Crippen molar-refractivity contribution in [1.82, 2.24) is 15.3 Å². The Morgan fingerprint density at radius 2 is 2.05 bits per heavy atom. The first-order valence-electron chi connectivity index (χ1n) is 6.69. The second kappa shape index (κ2) is 6.14. The minimum atomic E-state index is 0.472. The molecule has 0 unspecified atom stereocenters. The predicted octanol–water partition coefficient (Wildman–Crippen LogP) is 1.80. The number of amidine groups is 1. The Morgan fingerprint density at radius 3 is 2.85 bits per heavy atom. The number of rotatable bonds is 4. The minimum Gasteiger partial charge on any atom is -0.472 e. The Kier molecular flexibility index (Phi) is 3.87. The van der Waals surface area contributed by atoms with Crippen LogP contribution in [0.15, 0.2) is 47.8 Å². The summed E-state index contributed by atoms with van der Waals surface area (Å²) in [5.41, 5.74) is 1.98. The largest absolute Gasteiger partial charge is 0.472 e. The Bertz CT molecular complexity index is 598. The Balaban J connectivity index is 1.78. The van der Waals surface area contributed by atoms with Gasteiger partial charge in [-0.15, -0.1) is 0 Å². The maximum absolute atomic E-state index is 5.82. The molecule has 2 aromatic heterocycles. The van der Waals surface area contributed by atoms with E-state index in [1.54, 1.807) is 18.6 Å². The lowest BCUT2D eigenvalue weighted by Crippen LogP contribution is -2.30. The first-order valence-corrected chi connectivity index (χ1v) is 6.69. The van der Waals surface area contributed by atoms with Crippen LogP contribution in [-0.4, -0.2) is 28.9 Å². The molecule has 102 valence electrons. The highest BCUT2D eigenvalue weighted by Gasteiger charge is 2.13. The molecule has 1 N–H and O–H groups in total. The molecule has 5 nitrogen and oxygen atoms in total. The summed E-state index contributed by atoms with van der Waals surface area (Å²) in [6.07, 6.45) is 6.31. The Labute approximate surface area is 117 Å². The van der Waals surface area contributed by atoms with Gasteiger partial charge < -0.3 is 10.1 Å². The molecule has 0 fully saturated rings. The zero-order valence-corrected chi connectivity index (χ0v) is 11.1. The van der Waals surface area contributed by atoms with Crippen molar-refractivity contribution in [3.63, 3.8) is 0 Å².